The third-order valence-electron chi connectivity index (χ3n) is 2.81. The highest BCUT2D eigenvalue weighted by atomic mass is 79.9. The summed E-state index contributed by atoms with van der Waals surface area (Å²) in [6, 6.07) is 1.65. The van der Waals surface area contributed by atoms with Crippen molar-refractivity contribution < 1.29 is 19.1 Å². The van der Waals surface area contributed by atoms with Crippen LogP contribution in [0.5, 0.6) is 0 Å². The number of hydrogen-bond acceptors (Lipinski definition) is 5. The van der Waals surface area contributed by atoms with E-state index in [1.807, 2.05) is 0 Å². The second-order valence-electron chi connectivity index (χ2n) is 4.49. The van der Waals surface area contributed by atoms with Crippen LogP contribution < -0.4 is 5.32 Å². The summed E-state index contributed by atoms with van der Waals surface area (Å²) in [6.07, 6.45) is 3.12. The molecule has 8 heteroatoms. The SMILES string of the molecule is COC(=O)CCN(CCNC(C)=O)C(=O)c1cncc(Br)c1. The summed E-state index contributed by atoms with van der Waals surface area (Å²) < 4.78 is 5.27. The van der Waals surface area contributed by atoms with E-state index in [0.29, 0.717) is 23.1 Å². The maximum atomic E-state index is 12.5. The molecular formula is C14H18BrN3O4. The number of esters is 1. The van der Waals surface area contributed by atoms with E-state index in [4.69, 9.17) is 0 Å². The number of aromatic nitrogens is 1. The molecule has 1 rings (SSSR count). The molecule has 1 heterocycles. The van der Waals surface area contributed by atoms with Crippen molar-refractivity contribution in [2.75, 3.05) is 26.7 Å². The Labute approximate surface area is 137 Å². The molecule has 0 aromatic carbocycles. The van der Waals surface area contributed by atoms with Gasteiger partial charge in [-0.15, -0.1) is 0 Å². The molecule has 120 valence electrons. The molecule has 22 heavy (non-hydrogen) atoms. The monoisotopic (exact) mass is 371 g/mol. The summed E-state index contributed by atoms with van der Waals surface area (Å²) in [5, 5.41) is 2.62. The molecule has 0 aliphatic heterocycles. The smallest absolute Gasteiger partial charge is 0.307 e. The quantitative estimate of drug-likeness (QED) is 0.721. The van der Waals surface area contributed by atoms with Crippen LogP contribution in [0.4, 0.5) is 0 Å². The second-order valence-corrected chi connectivity index (χ2v) is 5.41. The lowest BCUT2D eigenvalue weighted by Gasteiger charge is -2.22. The van der Waals surface area contributed by atoms with E-state index in [2.05, 4.69) is 31.0 Å². The van der Waals surface area contributed by atoms with Crippen molar-refractivity contribution >= 4 is 33.7 Å². The number of carbonyl (C=O) groups excluding carboxylic acids is 3. The predicted molar refractivity (Wildman–Crippen MR) is 83.2 cm³/mol. The first-order valence-corrected chi connectivity index (χ1v) is 7.44. The standard InChI is InChI=1S/C14H18BrN3O4/c1-10(19)17-4-6-18(5-3-13(20)22-2)14(21)11-7-12(15)9-16-8-11/h7-9H,3-6H2,1-2H3,(H,17,19). The lowest BCUT2D eigenvalue weighted by Crippen LogP contribution is -2.39. The average Bonchev–Trinajstić information content (AvgIpc) is 2.49. The molecule has 0 bridgehead atoms. The fourth-order valence-electron chi connectivity index (χ4n) is 1.72. The molecule has 2 amide bonds. The maximum Gasteiger partial charge on any atom is 0.307 e. The van der Waals surface area contributed by atoms with E-state index in [0.717, 1.165) is 0 Å². The summed E-state index contributed by atoms with van der Waals surface area (Å²) >= 11 is 3.26. The van der Waals surface area contributed by atoms with E-state index >= 15 is 0 Å². The van der Waals surface area contributed by atoms with Crippen molar-refractivity contribution in [3.8, 4) is 0 Å². The van der Waals surface area contributed by atoms with Crippen LogP contribution in [0, 0.1) is 0 Å². The Bertz CT molecular complexity index is 551. The predicted octanol–water partition coefficient (Wildman–Crippen LogP) is 0.985. The normalized spacial score (nSPS) is 9.95. The molecule has 0 saturated heterocycles. The molecule has 1 aromatic rings. The number of rotatable bonds is 7. The number of methoxy groups -OCH3 is 1. The van der Waals surface area contributed by atoms with Gasteiger partial charge in [-0.25, -0.2) is 0 Å². The maximum absolute atomic E-state index is 12.5. The van der Waals surface area contributed by atoms with Crippen LogP contribution in [0.1, 0.15) is 23.7 Å². The number of hydrogen-bond donors (Lipinski definition) is 1. The highest BCUT2D eigenvalue weighted by Crippen LogP contribution is 2.12. The Kier molecular flexibility index (Phi) is 7.51. The minimum Gasteiger partial charge on any atom is -0.469 e. The molecule has 0 aliphatic carbocycles. The number of halogens is 1. The van der Waals surface area contributed by atoms with Gasteiger partial charge in [-0.3, -0.25) is 19.4 Å². The molecule has 0 fully saturated rings. The fraction of sp³-hybridized carbons (Fsp3) is 0.429. The van der Waals surface area contributed by atoms with Gasteiger partial charge in [0.05, 0.1) is 19.1 Å². The topological polar surface area (TPSA) is 88.6 Å². The van der Waals surface area contributed by atoms with Gasteiger partial charge in [-0.05, 0) is 22.0 Å². The molecule has 0 aliphatic rings. The van der Waals surface area contributed by atoms with Crippen molar-refractivity contribution in [2.45, 2.75) is 13.3 Å². The molecule has 0 spiro atoms. The Hall–Kier alpha value is -1.96. The van der Waals surface area contributed by atoms with Gasteiger partial charge in [0, 0.05) is 43.4 Å². The van der Waals surface area contributed by atoms with Crippen molar-refractivity contribution in [2.24, 2.45) is 0 Å². The van der Waals surface area contributed by atoms with Gasteiger partial charge in [-0.1, -0.05) is 0 Å². The van der Waals surface area contributed by atoms with Crippen molar-refractivity contribution in [3.05, 3.63) is 28.5 Å². The van der Waals surface area contributed by atoms with Crippen LogP contribution in [-0.4, -0.2) is 54.4 Å². The molecule has 0 saturated carbocycles. The largest absolute Gasteiger partial charge is 0.469 e. The van der Waals surface area contributed by atoms with Crippen LogP contribution in [-0.2, 0) is 14.3 Å². The highest BCUT2D eigenvalue weighted by molar-refractivity contribution is 9.10. The second kappa shape index (κ2) is 9.14. The summed E-state index contributed by atoms with van der Waals surface area (Å²) in [6.45, 7) is 2.21. The van der Waals surface area contributed by atoms with Crippen molar-refractivity contribution in [1.82, 2.24) is 15.2 Å². The van der Waals surface area contributed by atoms with Gasteiger partial charge < -0.3 is 15.0 Å². The summed E-state index contributed by atoms with van der Waals surface area (Å²) in [5.74, 6) is -0.836. The van der Waals surface area contributed by atoms with Gasteiger partial charge in [0.1, 0.15) is 0 Å². The fourth-order valence-corrected chi connectivity index (χ4v) is 2.09. The van der Waals surface area contributed by atoms with Gasteiger partial charge in [-0.2, -0.15) is 0 Å². The zero-order valence-electron chi connectivity index (χ0n) is 12.5. The van der Waals surface area contributed by atoms with Crippen LogP contribution in [0.3, 0.4) is 0 Å². The Morgan fingerprint density at radius 3 is 2.64 bits per heavy atom. The minimum atomic E-state index is -0.398. The number of nitrogens with one attached hydrogen (secondary N) is 1. The number of nitrogens with zero attached hydrogens (tertiary/aromatic N) is 2. The zero-order valence-corrected chi connectivity index (χ0v) is 14.1. The number of carbonyl (C=O) groups is 3. The first-order valence-electron chi connectivity index (χ1n) is 6.65. The first kappa shape index (κ1) is 18.1. The lowest BCUT2D eigenvalue weighted by atomic mass is 10.2. The van der Waals surface area contributed by atoms with Crippen LogP contribution in [0.15, 0.2) is 22.9 Å². The molecule has 7 nitrogen and oxygen atoms in total. The van der Waals surface area contributed by atoms with Crippen LogP contribution in [0.2, 0.25) is 0 Å². The van der Waals surface area contributed by atoms with Gasteiger partial charge in [0.25, 0.3) is 5.91 Å². The van der Waals surface area contributed by atoms with E-state index in [1.54, 1.807) is 12.3 Å². The van der Waals surface area contributed by atoms with Crippen LogP contribution in [0.25, 0.3) is 0 Å². The zero-order chi connectivity index (χ0) is 16.5. The average molecular weight is 372 g/mol. The van der Waals surface area contributed by atoms with E-state index in [1.165, 1.54) is 25.1 Å². The van der Waals surface area contributed by atoms with E-state index in [9.17, 15) is 14.4 Å². The molecular weight excluding hydrogens is 354 g/mol. The Morgan fingerprint density at radius 1 is 1.32 bits per heavy atom. The third kappa shape index (κ3) is 6.21. The van der Waals surface area contributed by atoms with E-state index in [-0.39, 0.29) is 24.8 Å². The van der Waals surface area contributed by atoms with Crippen molar-refractivity contribution in [1.29, 1.82) is 0 Å². The molecule has 0 unspecified atom stereocenters. The number of amides is 2. The molecule has 0 atom stereocenters. The first-order chi connectivity index (χ1) is 10.4. The minimum absolute atomic E-state index is 0.0870. The number of ether oxygens (including phenoxy) is 1. The number of pyridine rings is 1. The molecule has 0 radical (unpaired) electrons. The van der Waals surface area contributed by atoms with E-state index < -0.39 is 5.97 Å². The Morgan fingerprint density at radius 2 is 2.05 bits per heavy atom. The van der Waals surface area contributed by atoms with Crippen molar-refractivity contribution in [3.63, 3.8) is 0 Å². The van der Waals surface area contributed by atoms with Gasteiger partial charge in [0.2, 0.25) is 5.91 Å². The lowest BCUT2D eigenvalue weighted by molar-refractivity contribution is -0.140. The summed E-state index contributed by atoms with van der Waals surface area (Å²) in [4.78, 5) is 40.1. The third-order valence-corrected chi connectivity index (χ3v) is 3.24. The van der Waals surface area contributed by atoms with Gasteiger partial charge in [0.15, 0.2) is 0 Å². The Balaban J connectivity index is 2.75. The highest BCUT2D eigenvalue weighted by Gasteiger charge is 2.17. The summed E-state index contributed by atoms with van der Waals surface area (Å²) in [7, 11) is 1.30. The van der Waals surface area contributed by atoms with Gasteiger partial charge >= 0.3 is 5.97 Å². The summed E-state index contributed by atoms with van der Waals surface area (Å²) in [5.41, 5.74) is 0.405. The van der Waals surface area contributed by atoms with Crippen LogP contribution >= 0.6 is 15.9 Å². The molecule has 1 N–H and O–H groups in total. The molecule has 1 aromatic heterocycles.